The maximum Gasteiger partial charge on any atom is 0.251 e. The van der Waals surface area contributed by atoms with Crippen molar-refractivity contribution in [3.05, 3.63) is 63.7 Å². The number of nitrogens with zero attached hydrogens (tertiary/aromatic N) is 3. The maximum atomic E-state index is 13.3. The first kappa shape index (κ1) is 23.0. The molecule has 3 aromatic rings. The number of fused-ring (bicyclic) bond motifs is 2. The fraction of sp³-hybridized carbons (Fsp3) is 0.444. The van der Waals surface area contributed by atoms with Crippen molar-refractivity contribution in [1.82, 2.24) is 20.1 Å². The molecule has 1 fully saturated rings. The van der Waals surface area contributed by atoms with Crippen LogP contribution >= 0.6 is 11.3 Å². The third-order valence-electron chi connectivity index (χ3n) is 7.30. The normalized spacial score (nSPS) is 18.6. The molecule has 2 aliphatic rings. The van der Waals surface area contributed by atoms with Crippen molar-refractivity contribution in [2.75, 3.05) is 32.7 Å². The molecule has 1 saturated heterocycles. The van der Waals surface area contributed by atoms with Gasteiger partial charge in [0, 0.05) is 38.3 Å². The van der Waals surface area contributed by atoms with Crippen LogP contribution in [-0.4, -0.2) is 59.3 Å². The highest BCUT2D eigenvalue weighted by Gasteiger charge is 2.31. The van der Waals surface area contributed by atoms with E-state index in [2.05, 4.69) is 46.1 Å². The highest BCUT2D eigenvalue weighted by molar-refractivity contribution is 7.16. The van der Waals surface area contributed by atoms with E-state index in [9.17, 15) is 9.59 Å². The van der Waals surface area contributed by atoms with Crippen molar-refractivity contribution < 1.29 is 9.59 Å². The van der Waals surface area contributed by atoms with Crippen LogP contribution < -0.4 is 5.32 Å². The molecule has 7 heteroatoms. The van der Waals surface area contributed by atoms with Crippen LogP contribution in [-0.2, 0) is 17.8 Å². The lowest BCUT2D eigenvalue weighted by Gasteiger charge is -2.37. The van der Waals surface area contributed by atoms with Gasteiger partial charge >= 0.3 is 0 Å². The van der Waals surface area contributed by atoms with Crippen LogP contribution in [0.3, 0.4) is 0 Å². The number of carbonyl (C=O) groups excluding carboxylic acids is 2. The van der Waals surface area contributed by atoms with Gasteiger partial charge in [-0.15, -0.1) is 11.3 Å². The second-order valence-corrected chi connectivity index (χ2v) is 10.5. The summed E-state index contributed by atoms with van der Waals surface area (Å²) in [4.78, 5) is 34.6. The second kappa shape index (κ2) is 9.84. The number of amides is 2. The van der Waals surface area contributed by atoms with Gasteiger partial charge in [0.2, 0.25) is 5.91 Å². The molecule has 2 aliphatic heterocycles. The van der Waals surface area contributed by atoms with E-state index >= 15 is 0 Å². The summed E-state index contributed by atoms with van der Waals surface area (Å²) in [7, 11) is 0. The van der Waals surface area contributed by atoms with Gasteiger partial charge in [0.05, 0.1) is 21.6 Å². The summed E-state index contributed by atoms with van der Waals surface area (Å²) in [5, 5.41) is 3.04. The zero-order valence-electron chi connectivity index (χ0n) is 20.0. The zero-order valence-corrected chi connectivity index (χ0v) is 20.8. The lowest BCUT2D eigenvalue weighted by Crippen LogP contribution is -2.47. The highest BCUT2D eigenvalue weighted by atomic mass is 32.1. The SMILES string of the molecule is Cc1cc2c(cc1C)CN(C(=O)C1CCCN(CCNC(=O)c3ccc4ncsc4c3)C1)CC2. The molecule has 5 rings (SSSR count). The van der Waals surface area contributed by atoms with Crippen molar-refractivity contribution in [2.24, 2.45) is 5.92 Å². The summed E-state index contributed by atoms with van der Waals surface area (Å²) in [6, 6.07) is 10.2. The first-order chi connectivity index (χ1) is 16.5. The van der Waals surface area contributed by atoms with Crippen LogP contribution in [0.15, 0.2) is 35.8 Å². The Morgan fingerprint density at radius 2 is 1.94 bits per heavy atom. The standard InChI is InChI=1S/C27H32N4O2S/c1-18-12-20-7-10-31(16-23(20)13-19(18)2)27(33)22-4-3-9-30(15-22)11-8-28-26(32)21-5-6-24-25(14-21)34-17-29-24/h5-6,12-14,17,22H,3-4,7-11,15-16H2,1-2H3,(H,28,32). The number of carbonyl (C=O) groups is 2. The minimum Gasteiger partial charge on any atom is -0.351 e. The van der Waals surface area contributed by atoms with Crippen molar-refractivity contribution in [3.63, 3.8) is 0 Å². The van der Waals surface area contributed by atoms with E-state index in [0.29, 0.717) is 12.1 Å². The third-order valence-corrected chi connectivity index (χ3v) is 8.09. The molecule has 0 radical (unpaired) electrons. The molecular formula is C27H32N4O2S. The zero-order chi connectivity index (χ0) is 23.7. The molecule has 3 heterocycles. The molecule has 1 N–H and O–H groups in total. The van der Waals surface area contributed by atoms with Crippen LogP contribution in [0.2, 0.25) is 0 Å². The minimum absolute atomic E-state index is 0.0475. The molecule has 0 saturated carbocycles. The Balaban J connectivity index is 1.13. The monoisotopic (exact) mass is 476 g/mol. The van der Waals surface area contributed by atoms with Crippen molar-refractivity contribution >= 4 is 33.4 Å². The van der Waals surface area contributed by atoms with Crippen molar-refractivity contribution in [2.45, 2.75) is 39.7 Å². The molecule has 0 aliphatic carbocycles. The number of thiazole rings is 1. The summed E-state index contributed by atoms with van der Waals surface area (Å²) in [5.41, 5.74) is 8.71. The molecular weight excluding hydrogens is 444 g/mol. The quantitative estimate of drug-likeness (QED) is 0.606. The fourth-order valence-electron chi connectivity index (χ4n) is 5.19. The van der Waals surface area contributed by atoms with Gasteiger partial charge in [-0.3, -0.25) is 9.59 Å². The third kappa shape index (κ3) is 4.86. The Morgan fingerprint density at radius 1 is 1.12 bits per heavy atom. The van der Waals surface area contributed by atoms with Gasteiger partial charge in [-0.1, -0.05) is 12.1 Å². The summed E-state index contributed by atoms with van der Waals surface area (Å²) in [6.07, 6.45) is 2.92. The van der Waals surface area contributed by atoms with Gasteiger partial charge in [0.1, 0.15) is 0 Å². The first-order valence-corrected chi connectivity index (χ1v) is 13.1. The number of aromatic nitrogens is 1. The molecule has 0 bridgehead atoms. The first-order valence-electron chi connectivity index (χ1n) is 12.2. The smallest absolute Gasteiger partial charge is 0.251 e. The Morgan fingerprint density at radius 3 is 2.79 bits per heavy atom. The van der Waals surface area contributed by atoms with E-state index in [0.717, 1.165) is 62.2 Å². The van der Waals surface area contributed by atoms with Crippen LogP contribution in [0.4, 0.5) is 0 Å². The van der Waals surface area contributed by atoms with Gasteiger partial charge in [0.25, 0.3) is 5.91 Å². The Labute approximate surface area is 205 Å². The van der Waals surface area contributed by atoms with Crippen LogP contribution in [0.5, 0.6) is 0 Å². The molecule has 34 heavy (non-hydrogen) atoms. The molecule has 2 amide bonds. The van der Waals surface area contributed by atoms with E-state index in [1.165, 1.54) is 22.3 Å². The molecule has 6 nitrogen and oxygen atoms in total. The number of hydrogen-bond donors (Lipinski definition) is 1. The number of nitrogens with one attached hydrogen (secondary N) is 1. The molecule has 1 atom stereocenters. The minimum atomic E-state index is -0.0579. The van der Waals surface area contributed by atoms with E-state index in [-0.39, 0.29) is 17.7 Å². The van der Waals surface area contributed by atoms with Crippen LogP contribution in [0, 0.1) is 19.8 Å². The van der Waals surface area contributed by atoms with Crippen molar-refractivity contribution in [1.29, 1.82) is 0 Å². The van der Waals surface area contributed by atoms with Crippen molar-refractivity contribution in [3.8, 4) is 0 Å². The number of rotatable bonds is 5. The molecule has 1 aromatic heterocycles. The second-order valence-electron chi connectivity index (χ2n) is 9.65. The largest absolute Gasteiger partial charge is 0.351 e. The van der Waals surface area contributed by atoms with Gasteiger partial charge in [0.15, 0.2) is 0 Å². The lowest BCUT2D eigenvalue weighted by atomic mass is 9.92. The average Bonchev–Trinajstić information content (AvgIpc) is 3.32. The predicted molar refractivity (Wildman–Crippen MR) is 136 cm³/mol. The Kier molecular flexibility index (Phi) is 6.66. The fourth-order valence-corrected chi connectivity index (χ4v) is 5.90. The Bertz CT molecular complexity index is 1220. The van der Waals surface area contributed by atoms with Gasteiger partial charge < -0.3 is 15.1 Å². The molecule has 1 unspecified atom stereocenters. The molecule has 0 spiro atoms. The average molecular weight is 477 g/mol. The number of piperidine rings is 1. The number of aryl methyl sites for hydroxylation is 2. The van der Waals surface area contributed by atoms with Crippen LogP contribution in [0.1, 0.15) is 45.5 Å². The molecule has 178 valence electrons. The number of benzene rings is 2. The summed E-state index contributed by atoms with van der Waals surface area (Å²) >= 11 is 1.54. The van der Waals surface area contributed by atoms with E-state index < -0.39 is 0 Å². The van der Waals surface area contributed by atoms with E-state index in [1.54, 1.807) is 16.8 Å². The summed E-state index contributed by atoms with van der Waals surface area (Å²) in [5.74, 6) is 0.277. The highest BCUT2D eigenvalue weighted by Crippen LogP contribution is 2.26. The van der Waals surface area contributed by atoms with E-state index in [1.807, 2.05) is 18.2 Å². The summed E-state index contributed by atoms with van der Waals surface area (Å²) < 4.78 is 1.02. The van der Waals surface area contributed by atoms with Crippen LogP contribution in [0.25, 0.3) is 10.2 Å². The van der Waals surface area contributed by atoms with Gasteiger partial charge in [-0.2, -0.15) is 0 Å². The maximum absolute atomic E-state index is 13.3. The lowest BCUT2D eigenvalue weighted by molar-refractivity contribution is -0.138. The van der Waals surface area contributed by atoms with E-state index in [4.69, 9.17) is 0 Å². The number of hydrogen-bond acceptors (Lipinski definition) is 5. The predicted octanol–water partition coefficient (Wildman–Crippen LogP) is 3.94. The summed E-state index contributed by atoms with van der Waals surface area (Å²) in [6.45, 7) is 8.94. The Hall–Kier alpha value is -2.77. The molecule has 2 aromatic carbocycles. The number of likely N-dealkylation sites (tertiary alicyclic amines) is 1. The van der Waals surface area contributed by atoms with Gasteiger partial charge in [-0.05, 0) is 80.1 Å². The topological polar surface area (TPSA) is 65.5 Å². The van der Waals surface area contributed by atoms with Gasteiger partial charge in [-0.25, -0.2) is 4.98 Å².